The number of thioether (sulfide) groups is 2. The molecule has 0 bridgehead atoms. The third-order valence-electron chi connectivity index (χ3n) is 2.97. The van der Waals surface area contributed by atoms with Gasteiger partial charge in [0, 0.05) is 29.1 Å². The molecular weight excluding hydrogens is 330 g/mol. The number of esters is 1. The van der Waals surface area contributed by atoms with E-state index in [2.05, 4.69) is 9.46 Å². The summed E-state index contributed by atoms with van der Waals surface area (Å²) in [7, 11) is -2.49. The first-order valence-corrected chi connectivity index (χ1v) is 10.1. The third-order valence-corrected chi connectivity index (χ3v) is 7.29. The van der Waals surface area contributed by atoms with Crippen molar-refractivity contribution < 1.29 is 17.9 Å². The molecule has 1 unspecified atom stereocenters. The number of carbonyl (C=O) groups excluding carboxylic acids is 1. The van der Waals surface area contributed by atoms with E-state index < -0.39 is 16.0 Å². The molecule has 0 saturated carbocycles. The zero-order valence-corrected chi connectivity index (χ0v) is 14.0. The zero-order chi connectivity index (χ0) is 15.3. The number of carbonyl (C=O) groups is 1. The van der Waals surface area contributed by atoms with Crippen LogP contribution in [0.1, 0.15) is 10.4 Å². The van der Waals surface area contributed by atoms with Crippen molar-refractivity contribution in [2.45, 2.75) is 10.1 Å². The maximum atomic E-state index is 12.4. The molecule has 116 valence electrons. The second-order valence-corrected chi connectivity index (χ2v) is 8.70. The molecule has 1 atom stereocenters. The number of rotatable bonds is 5. The summed E-state index contributed by atoms with van der Waals surface area (Å²) in [5.74, 6) is 2.43. The molecule has 0 amide bonds. The van der Waals surface area contributed by atoms with Crippen molar-refractivity contribution in [3.05, 3.63) is 29.8 Å². The van der Waals surface area contributed by atoms with E-state index in [1.807, 2.05) is 11.8 Å². The average molecular weight is 347 g/mol. The summed E-state index contributed by atoms with van der Waals surface area (Å²) in [4.78, 5) is 11.6. The minimum atomic E-state index is -3.72. The standard InChI is InChI=1S/C13H17NO4S3/c1-18-13(15)11-4-2-3-5-12(11)21(16,17)14-8-10-9-19-6-7-20-10/h2-5,10,14H,6-9H2,1H3. The number of hydrogen-bond donors (Lipinski definition) is 1. The second-order valence-electron chi connectivity index (χ2n) is 4.41. The van der Waals surface area contributed by atoms with Gasteiger partial charge in [-0.1, -0.05) is 12.1 Å². The second kappa shape index (κ2) is 7.53. The van der Waals surface area contributed by atoms with E-state index in [0.717, 1.165) is 17.3 Å². The molecule has 1 aliphatic heterocycles. The van der Waals surface area contributed by atoms with Gasteiger partial charge in [-0.05, 0) is 12.1 Å². The normalized spacial score (nSPS) is 19.2. The zero-order valence-electron chi connectivity index (χ0n) is 11.6. The van der Waals surface area contributed by atoms with Crippen LogP contribution in [0.25, 0.3) is 0 Å². The van der Waals surface area contributed by atoms with Crippen molar-refractivity contribution in [2.24, 2.45) is 0 Å². The van der Waals surface area contributed by atoms with Crippen molar-refractivity contribution in [3.8, 4) is 0 Å². The Morgan fingerprint density at radius 2 is 2.14 bits per heavy atom. The largest absolute Gasteiger partial charge is 0.465 e. The molecule has 1 aromatic carbocycles. The lowest BCUT2D eigenvalue weighted by Crippen LogP contribution is -2.34. The summed E-state index contributed by atoms with van der Waals surface area (Å²) in [5.41, 5.74) is 0.0539. The summed E-state index contributed by atoms with van der Waals surface area (Å²) in [6.07, 6.45) is 0. The van der Waals surface area contributed by atoms with Gasteiger partial charge in [0.05, 0.1) is 17.6 Å². The average Bonchev–Trinajstić information content (AvgIpc) is 2.53. The smallest absolute Gasteiger partial charge is 0.339 e. The molecule has 21 heavy (non-hydrogen) atoms. The van der Waals surface area contributed by atoms with Crippen LogP contribution >= 0.6 is 23.5 Å². The first-order valence-electron chi connectivity index (χ1n) is 6.41. The van der Waals surface area contributed by atoms with Gasteiger partial charge in [0.15, 0.2) is 0 Å². The fourth-order valence-electron chi connectivity index (χ4n) is 1.91. The van der Waals surface area contributed by atoms with E-state index in [4.69, 9.17) is 0 Å². The topological polar surface area (TPSA) is 72.5 Å². The predicted octanol–water partition coefficient (Wildman–Crippen LogP) is 1.60. The molecule has 1 N–H and O–H groups in total. The van der Waals surface area contributed by atoms with Crippen molar-refractivity contribution >= 4 is 39.5 Å². The van der Waals surface area contributed by atoms with Gasteiger partial charge in [-0.15, -0.1) is 0 Å². The Labute approximate surface area is 133 Å². The van der Waals surface area contributed by atoms with Crippen LogP contribution in [0.5, 0.6) is 0 Å². The monoisotopic (exact) mass is 347 g/mol. The third kappa shape index (κ3) is 4.38. The molecule has 1 heterocycles. The predicted molar refractivity (Wildman–Crippen MR) is 86.5 cm³/mol. The quantitative estimate of drug-likeness (QED) is 0.816. The van der Waals surface area contributed by atoms with E-state index in [1.165, 1.54) is 19.2 Å². The Bertz CT molecular complexity index is 597. The Morgan fingerprint density at radius 1 is 1.38 bits per heavy atom. The SMILES string of the molecule is COC(=O)c1ccccc1S(=O)(=O)NCC1CSCCS1. The van der Waals surface area contributed by atoms with Crippen LogP contribution in [0.15, 0.2) is 29.2 Å². The molecule has 1 fully saturated rings. The summed E-state index contributed by atoms with van der Waals surface area (Å²) in [5, 5.41) is 0.267. The van der Waals surface area contributed by atoms with Crippen LogP contribution in [0.4, 0.5) is 0 Å². The van der Waals surface area contributed by atoms with E-state index in [1.54, 1.807) is 23.9 Å². The molecule has 1 aliphatic rings. The molecule has 0 aliphatic carbocycles. The molecule has 5 nitrogen and oxygen atoms in total. The van der Waals surface area contributed by atoms with Gasteiger partial charge in [-0.3, -0.25) is 0 Å². The lowest BCUT2D eigenvalue weighted by molar-refractivity contribution is 0.0596. The molecule has 2 rings (SSSR count). The molecule has 0 aromatic heterocycles. The van der Waals surface area contributed by atoms with Crippen molar-refractivity contribution in [3.63, 3.8) is 0 Å². The highest BCUT2D eigenvalue weighted by Gasteiger charge is 2.24. The Balaban J connectivity index is 2.13. The number of sulfonamides is 1. The number of benzene rings is 1. The molecule has 1 aromatic rings. The van der Waals surface area contributed by atoms with Gasteiger partial charge < -0.3 is 4.74 Å². The van der Waals surface area contributed by atoms with Crippen LogP contribution in [-0.2, 0) is 14.8 Å². The Kier molecular flexibility index (Phi) is 5.98. The van der Waals surface area contributed by atoms with Gasteiger partial charge in [0.1, 0.15) is 0 Å². The minimum absolute atomic E-state index is 0.0367. The highest BCUT2D eigenvalue weighted by Crippen LogP contribution is 2.24. The molecular formula is C13H17NO4S3. The maximum Gasteiger partial charge on any atom is 0.339 e. The highest BCUT2D eigenvalue weighted by atomic mass is 32.2. The van der Waals surface area contributed by atoms with Crippen LogP contribution in [0, 0.1) is 0 Å². The van der Waals surface area contributed by atoms with Crippen LogP contribution in [0.3, 0.4) is 0 Å². The van der Waals surface area contributed by atoms with E-state index >= 15 is 0 Å². The van der Waals surface area contributed by atoms with Gasteiger partial charge in [0.25, 0.3) is 0 Å². The van der Waals surface area contributed by atoms with E-state index in [-0.39, 0.29) is 15.7 Å². The van der Waals surface area contributed by atoms with Gasteiger partial charge in [0.2, 0.25) is 10.0 Å². The van der Waals surface area contributed by atoms with Crippen LogP contribution < -0.4 is 4.72 Å². The van der Waals surface area contributed by atoms with Gasteiger partial charge in [-0.25, -0.2) is 17.9 Å². The van der Waals surface area contributed by atoms with Crippen LogP contribution in [0.2, 0.25) is 0 Å². The minimum Gasteiger partial charge on any atom is -0.465 e. The van der Waals surface area contributed by atoms with Crippen molar-refractivity contribution in [1.29, 1.82) is 0 Å². The molecule has 0 spiro atoms. The lowest BCUT2D eigenvalue weighted by atomic mass is 10.2. The summed E-state index contributed by atoms with van der Waals surface area (Å²) >= 11 is 3.61. The number of methoxy groups -OCH3 is 1. The highest BCUT2D eigenvalue weighted by molar-refractivity contribution is 8.06. The molecule has 0 radical (unpaired) electrons. The lowest BCUT2D eigenvalue weighted by Gasteiger charge is -2.21. The van der Waals surface area contributed by atoms with Crippen LogP contribution in [-0.4, -0.2) is 50.6 Å². The number of nitrogens with one attached hydrogen (secondary N) is 1. The Hall–Kier alpha value is -0.700. The molecule has 1 saturated heterocycles. The number of ether oxygens (including phenoxy) is 1. The first-order chi connectivity index (χ1) is 10.0. The number of hydrogen-bond acceptors (Lipinski definition) is 6. The molecule has 8 heteroatoms. The Morgan fingerprint density at radius 3 is 2.81 bits per heavy atom. The summed E-state index contributed by atoms with van der Waals surface area (Å²) in [6.45, 7) is 0.371. The fourth-order valence-corrected chi connectivity index (χ4v) is 5.91. The fraction of sp³-hybridized carbons (Fsp3) is 0.462. The van der Waals surface area contributed by atoms with E-state index in [9.17, 15) is 13.2 Å². The van der Waals surface area contributed by atoms with Crippen molar-refractivity contribution in [2.75, 3.05) is 30.9 Å². The van der Waals surface area contributed by atoms with Gasteiger partial charge in [-0.2, -0.15) is 23.5 Å². The first kappa shape index (κ1) is 16.7. The van der Waals surface area contributed by atoms with Crippen molar-refractivity contribution in [1.82, 2.24) is 4.72 Å². The summed E-state index contributed by atoms with van der Waals surface area (Å²) < 4.78 is 32.0. The van der Waals surface area contributed by atoms with E-state index in [0.29, 0.717) is 6.54 Å². The summed E-state index contributed by atoms with van der Waals surface area (Å²) in [6, 6.07) is 6.06. The maximum absolute atomic E-state index is 12.4. The van der Waals surface area contributed by atoms with Gasteiger partial charge >= 0.3 is 5.97 Å².